The summed E-state index contributed by atoms with van der Waals surface area (Å²) in [5, 5.41) is 3.23. The van der Waals surface area contributed by atoms with Gasteiger partial charge in [0.1, 0.15) is 11.9 Å². The highest BCUT2D eigenvalue weighted by molar-refractivity contribution is 6.32. The van der Waals surface area contributed by atoms with Gasteiger partial charge in [-0.15, -0.1) is 0 Å². The molecular weight excluding hydrogens is 378 g/mol. The molecule has 2 aromatic rings. The molecule has 0 aliphatic carbocycles. The highest BCUT2D eigenvalue weighted by atomic mass is 35.5. The number of rotatable bonds is 8. The van der Waals surface area contributed by atoms with E-state index < -0.39 is 0 Å². The largest absolute Gasteiger partial charge is 0.489 e. The summed E-state index contributed by atoms with van der Waals surface area (Å²) in [7, 11) is 1.60. The van der Waals surface area contributed by atoms with Crippen molar-refractivity contribution in [2.45, 2.75) is 25.5 Å². The third-order valence-corrected chi connectivity index (χ3v) is 5.02. The second kappa shape index (κ2) is 10.4. The number of hydrogen-bond donors (Lipinski definition) is 1. The number of carbonyl (C=O) groups excluding carboxylic acids is 1. The molecule has 1 amide bonds. The van der Waals surface area contributed by atoms with Crippen LogP contribution in [0.25, 0.3) is 0 Å². The normalized spacial score (nSPS) is 15.4. The first-order valence-electron chi connectivity index (χ1n) is 9.51. The van der Waals surface area contributed by atoms with Crippen molar-refractivity contribution in [3.63, 3.8) is 0 Å². The molecule has 1 aliphatic heterocycles. The Morgan fingerprint density at radius 1 is 1.29 bits per heavy atom. The van der Waals surface area contributed by atoms with Gasteiger partial charge in [-0.3, -0.25) is 14.7 Å². The molecule has 0 spiro atoms. The Hall–Kier alpha value is -2.15. The molecule has 1 fully saturated rings. The Balaban J connectivity index is 1.48. The Morgan fingerprint density at radius 2 is 2.11 bits per heavy atom. The van der Waals surface area contributed by atoms with Crippen molar-refractivity contribution in [2.24, 2.45) is 0 Å². The molecule has 7 heteroatoms. The fourth-order valence-corrected chi connectivity index (χ4v) is 3.42. The van der Waals surface area contributed by atoms with Crippen LogP contribution in [0.4, 0.5) is 0 Å². The number of benzene rings is 1. The summed E-state index contributed by atoms with van der Waals surface area (Å²) in [6.45, 7) is 3.71. The number of nitrogens with one attached hydrogen (secondary N) is 1. The molecule has 1 aromatic heterocycles. The number of hydrogen-bond acceptors (Lipinski definition) is 5. The number of likely N-dealkylation sites (tertiary alicyclic amines) is 1. The van der Waals surface area contributed by atoms with Gasteiger partial charge in [-0.25, -0.2) is 0 Å². The number of piperidine rings is 1. The van der Waals surface area contributed by atoms with Crippen molar-refractivity contribution in [3.05, 3.63) is 58.9 Å². The van der Waals surface area contributed by atoms with Gasteiger partial charge in [0.05, 0.1) is 17.3 Å². The summed E-state index contributed by atoms with van der Waals surface area (Å²) in [6.07, 6.45) is 3.82. The molecule has 0 saturated carbocycles. The lowest BCUT2D eigenvalue weighted by Gasteiger charge is -2.32. The Kier molecular flexibility index (Phi) is 7.65. The minimum Gasteiger partial charge on any atom is -0.489 e. The van der Waals surface area contributed by atoms with Crippen LogP contribution in [-0.2, 0) is 11.3 Å². The Labute approximate surface area is 170 Å². The van der Waals surface area contributed by atoms with Crippen molar-refractivity contribution < 1.29 is 14.3 Å². The average Bonchev–Trinajstić information content (AvgIpc) is 2.72. The fraction of sp³-hybridized carbons (Fsp3) is 0.429. The van der Waals surface area contributed by atoms with Crippen LogP contribution in [0.15, 0.2) is 42.6 Å². The first-order valence-corrected chi connectivity index (χ1v) is 9.89. The molecule has 150 valence electrons. The van der Waals surface area contributed by atoms with E-state index in [-0.39, 0.29) is 12.0 Å². The van der Waals surface area contributed by atoms with E-state index in [4.69, 9.17) is 21.1 Å². The van der Waals surface area contributed by atoms with Gasteiger partial charge in [0, 0.05) is 45.0 Å². The number of aromatic nitrogens is 1. The van der Waals surface area contributed by atoms with Gasteiger partial charge >= 0.3 is 0 Å². The van der Waals surface area contributed by atoms with Crippen LogP contribution in [0.5, 0.6) is 5.75 Å². The van der Waals surface area contributed by atoms with E-state index in [0.29, 0.717) is 29.5 Å². The van der Waals surface area contributed by atoms with Gasteiger partial charge in [0.15, 0.2) is 0 Å². The number of carbonyl (C=O) groups is 1. The summed E-state index contributed by atoms with van der Waals surface area (Å²) in [4.78, 5) is 18.9. The molecule has 0 unspecified atom stereocenters. The lowest BCUT2D eigenvalue weighted by molar-refractivity contribution is 0.0935. The predicted molar refractivity (Wildman–Crippen MR) is 109 cm³/mol. The van der Waals surface area contributed by atoms with Crippen LogP contribution in [0, 0.1) is 0 Å². The van der Waals surface area contributed by atoms with Crippen molar-refractivity contribution in [1.82, 2.24) is 15.2 Å². The average molecular weight is 404 g/mol. The summed E-state index contributed by atoms with van der Waals surface area (Å²) in [5.74, 6) is 0.451. The zero-order chi connectivity index (χ0) is 19.8. The molecule has 1 saturated heterocycles. The van der Waals surface area contributed by atoms with Gasteiger partial charge < -0.3 is 14.8 Å². The van der Waals surface area contributed by atoms with Gasteiger partial charge in [-0.2, -0.15) is 0 Å². The smallest absolute Gasteiger partial charge is 0.251 e. The van der Waals surface area contributed by atoms with E-state index in [2.05, 4.69) is 21.3 Å². The standard InChI is InChI=1S/C21H26ClN3O3/c1-27-13-10-24-21(26)16-5-6-20(19(22)14-16)28-18-7-11-25(12-8-18)15-17-4-2-3-9-23-17/h2-6,9,14,18H,7-8,10-13,15H2,1H3,(H,24,26). The van der Waals surface area contributed by atoms with E-state index in [1.54, 1.807) is 25.3 Å². The lowest BCUT2D eigenvalue weighted by Crippen LogP contribution is -2.38. The lowest BCUT2D eigenvalue weighted by atomic mass is 10.1. The van der Waals surface area contributed by atoms with Gasteiger partial charge in [0.25, 0.3) is 5.91 Å². The van der Waals surface area contributed by atoms with Crippen molar-refractivity contribution in [1.29, 1.82) is 0 Å². The quantitative estimate of drug-likeness (QED) is 0.686. The monoisotopic (exact) mass is 403 g/mol. The number of ether oxygens (including phenoxy) is 2. The number of methoxy groups -OCH3 is 1. The maximum Gasteiger partial charge on any atom is 0.251 e. The van der Waals surface area contributed by atoms with E-state index >= 15 is 0 Å². The molecular formula is C21H26ClN3O3. The van der Waals surface area contributed by atoms with E-state index in [1.807, 2.05) is 18.3 Å². The first-order chi connectivity index (χ1) is 13.7. The summed E-state index contributed by atoms with van der Waals surface area (Å²) < 4.78 is 11.0. The van der Waals surface area contributed by atoms with Gasteiger partial charge in [-0.1, -0.05) is 17.7 Å². The molecule has 3 rings (SSSR count). The van der Waals surface area contributed by atoms with Crippen LogP contribution in [0.2, 0.25) is 5.02 Å². The van der Waals surface area contributed by atoms with Crippen molar-refractivity contribution in [3.8, 4) is 5.75 Å². The zero-order valence-electron chi connectivity index (χ0n) is 16.1. The number of pyridine rings is 1. The number of amides is 1. The molecule has 0 bridgehead atoms. The maximum atomic E-state index is 12.1. The molecule has 1 aliphatic rings. The van der Waals surface area contributed by atoms with E-state index in [0.717, 1.165) is 38.2 Å². The van der Waals surface area contributed by atoms with Crippen LogP contribution in [0.1, 0.15) is 28.9 Å². The fourth-order valence-electron chi connectivity index (χ4n) is 3.19. The number of halogens is 1. The Morgan fingerprint density at radius 3 is 2.79 bits per heavy atom. The second-order valence-corrected chi connectivity index (χ2v) is 7.22. The third kappa shape index (κ3) is 5.92. The highest BCUT2D eigenvalue weighted by Crippen LogP contribution is 2.28. The third-order valence-electron chi connectivity index (χ3n) is 4.73. The predicted octanol–water partition coefficient (Wildman–Crippen LogP) is 3.15. The van der Waals surface area contributed by atoms with E-state index in [9.17, 15) is 4.79 Å². The van der Waals surface area contributed by atoms with Crippen LogP contribution >= 0.6 is 11.6 Å². The zero-order valence-corrected chi connectivity index (χ0v) is 16.8. The molecule has 0 radical (unpaired) electrons. The topological polar surface area (TPSA) is 63.7 Å². The van der Waals surface area contributed by atoms with Crippen LogP contribution in [-0.4, -0.2) is 55.2 Å². The van der Waals surface area contributed by atoms with Crippen LogP contribution in [0.3, 0.4) is 0 Å². The summed E-state index contributed by atoms with van der Waals surface area (Å²) in [5.41, 5.74) is 1.60. The molecule has 28 heavy (non-hydrogen) atoms. The van der Waals surface area contributed by atoms with Crippen molar-refractivity contribution in [2.75, 3.05) is 33.4 Å². The highest BCUT2D eigenvalue weighted by Gasteiger charge is 2.22. The minimum absolute atomic E-state index is 0.124. The summed E-state index contributed by atoms with van der Waals surface area (Å²) >= 11 is 6.34. The van der Waals surface area contributed by atoms with Gasteiger partial charge in [0.2, 0.25) is 0 Å². The summed E-state index contributed by atoms with van der Waals surface area (Å²) in [6, 6.07) is 11.2. The van der Waals surface area contributed by atoms with Crippen molar-refractivity contribution >= 4 is 17.5 Å². The minimum atomic E-state index is -0.173. The molecule has 0 atom stereocenters. The molecule has 2 heterocycles. The van der Waals surface area contributed by atoms with E-state index in [1.165, 1.54) is 0 Å². The van der Waals surface area contributed by atoms with Crippen LogP contribution < -0.4 is 10.1 Å². The molecule has 1 aromatic carbocycles. The first kappa shape index (κ1) is 20.6. The molecule has 6 nitrogen and oxygen atoms in total. The molecule has 1 N–H and O–H groups in total. The Bertz CT molecular complexity index is 765. The SMILES string of the molecule is COCCNC(=O)c1ccc(OC2CCN(Cc3ccccn3)CC2)c(Cl)c1. The number of nitrogens with zero attached hydrogens (tertiary/aromatic N) is 2. The van der Waals surface area contributed by atoms with Gasteiger partial charge in [-0.05, 0) is 43.2 Å². The second-order valence-electron chi connectivity index (χ2n) is 6.81. The maximum absolute atomic E-state index is 12.1.